The molecule has 1 atom stereocenters. The van der Waals surface area contributed by atoms with Crippen molar-refractivity contribution in [1.29, 1.82) is 0 Å². The first-order valence-corrected chi connectivity index (χ1v) is 4.84. The lowest BCUT2D eigenvalue weighted by atomic mass is 10.2. The summed E-state index contributed by atoms with van der Waals surface area (Å²) in [7, 11) is 1.66. The summed E-state index contributed by atoms with van der Waals surface area (Å²) in [6, 6.07) is 5.84. The van der Waals surface area contributed by atoms with Crippen molar-refractivity contribution in [2.75, 3.05) is 25.6 Å². The van der Waals surface area contributed by atoms with Crippen LogP contribution < -0.4 is 14.8 Å². The van der Waals surface area contributed by atoms with E-state index in [0.29, 0.717) is 5.92 Å². The normalized spacial score (nSPS) is 20.0. The second-order valence-electron chi connectivity index (χ2n) is 3.66. The minimum Gasteiger partial charge on any atom is -0.497 e. The molecule has 0 fully saturated rings. The third-order valence-electron chi connectivity index (χ3n) is 2.35. The van der Waals surface area contributed by atoms with Crippen LogP contribution in [-0.4, -0.2) is 20.3 Å². The summed E-state index contributed by atoms with van der Waals surface area (Å²) in [6.45, 7) is 3.88. The Labute approximate surface area is 84.0 Å². The molecule has 0 amide bonds. The number of benzene rings is 1. The average molecular weight is 193 g/mol. The minimum atomic E-state index is 0.536. The first kappa shape index (κ1) is 9.19. The number of methoxy groups -OCH3 is 1. The van der Waals surface area contributed by atoms with E-state index >= 15 is 0 Å². The molecule has 1 aromatic rings. The van der Waals surface area contributed by atoms with E-state index in [1.807, 2.05) is 18.2 Å². The second kappa shape index (κ2) is 3.78. The zero-order valence-electron chi connectivity index (χ0n) is 8.54. The van der Waals surface area contributed by atoms with Gasteiger partial charge in [-0.25, -0.2) is 0 Å². The third kappa shape index (κ3) is 1.76. The van der Waals surface area contributed by atoms with Crippen molar-refractivity contribution in [2.24, 2.45) is 5.92 Å². The standard InChI is InChI=1S/C11H15NO2/c1-8-6-12-10-4-3-9(13-2)5-11(10)14-7-8/h3-5,8,12H,6-7H2,1-2H3. The maximum Gasteiger partial charge on any atom is 0.146 e. The lowest BCUT2D eigenvalue weighted by molar-refractivity contribution is 0.274. The Kier molecular flexibility index (Phi) is 2.48. The molecule has 76 valence electrons. The molecule has 2 rings (SSSR count). The van der Waals surface area contributed by atoms with Gasteiger partial charge in [0.15, 0.2) is 0 Å². The van der Waals surface area contributed by atoms with Gasteiger partial charge in [-0.15, -0.1) is 0 Å². The van der Waals surface area contributed by atoms with Crippen molar-refractivity contribution in [2.45, 2.75) is 6.92 Å². The van der Waals surface area contributed by atoms with E-state index in [1.54, 1.807) is 7.11 Å². The summed E-state index contributed by atoms with van der Waals surface area (Å²) in [5.41, 5.74) is 1.05. The van der Waals surface area contributed by atoms with Crippen LogP contribution >= 0.6 is 0 Å². The maximum absolute atomic E-state index is 5.66. The van der Waals surface area contributed by atoms with E-state index in [4.69, 9.17) is 9.47 Å². The smallest absolute Gasteiger partial charge is 0.146 e. The molecule has 0 bridgehead atoms. The van der Waals surface area contributed by atoms with Crippen LogP contribution in [0.5, 0.6) is 11.5 Å². The number of ether oxygens (including phenoxy) is 2. The van der Waals surface area contributed by atoms with E-state index in [-0.39, 0.29) is 0 Å². The molecule has 1 aromatic carbocycles. The molecule has 0 saturated carbocycles. The van der Waals surface area contributed by atoms with Crippen LogP contribution in [0.3, 0.4) is 0 Å². The van der Waals surface area contributed by atoms with Gasteiger partial charge in [0.2, 0.25) is 0 Å². The highest BCUT2D eigenvalue weighted by molar-refractivity contribution is 5.59. The Balaban J connectivity index is 2.27. The minimum absolute atomic E-state index is 0.536. The predicted molar refractivity (Wildman–Crippen MR) is 56.1 cm³/mol. The fourth-order valence-corrected chi connectivity index (χ4v) is 1.47. The molecule has 1 heterocycles. The van der Waals surface area contributed by atoms with Crippen LogP contribution in [0.4, 0.5) is 5.69 Å². The predicted octanol–water partition coefficient (Wildman–Crippen LogP) is 2.14. The maximum atomic E-state index is 5.66. The quantitative estimate of drug-likeness (QED) is 0.741. The second-order valence-corrected chi connectivity index (χ2v) is 3.66. The molecule has 0 saturated heterocycles. The van der Waals surface area contributed by atoms with Crippen molar-refractivity contribution < 1.29 is 9.47 Å². The molecule has 14 heavy (non-hydrogen) atoms. The van der Waals surface area contributed by atoms with Gasteiger partial charge in [0.05, 0.1) is 19.4 Å². The number of rotatable bonds is 1. The number of hydrogen-bond acceptors (Lipinski definition) is 3. The number of nitrogens with one attached hydrogen (secondary N) is 1. The molecule has 3 heteroatoms. The highest BCUT2D eigenvalue weighted by Crippen LogP contribution is 2.31. The molecule has 1 aliphatic heterocycles. The summed E-state index contributed by atoms with van der Waals surface area (Å²) in [5.74, 6) is 2.25. The fraction of sp³-hybridized carbons (Fsp3) is 0.455. The first-order valence-electron chi connectivity index (χ1n) is 4.84. The van der Waals surface area contributed by atoms with Gasteiger partial charge in [0.1, 0.15) is 11.5 Å². The van der Waals surface area contributed by atoms with Crippen LogP contribution in [0.15, 0.2) is 18.2 Å². The van der Waals surface area contributed by atoms with Crippen molar-refractivity contribution in [3.63, 3.8) is 0 Å². The number of anilines is 1. The number of hydrogen-bond donors (Lipinski definition) is 1. The van der Waals surface area contributed by atoms with Gasteiger partial charge < -0.3 is 14.8 Å². The largest absolute Gasteiger partial charge is 0.497 e. The number of fused-ring (bicyclic) bond motifs is 1. The van der Waals surface area contributed by atoms with E-state index < -0.39 is 0 Å². The summed E-state index contributed by atoms with van der Waals surface area (Å²) < 4.78 is 10.8. The molecular weight excluding hydrogens is 178 g/mol. The van der Waals surface area contributed by atoms with Crippen LogP contribution in [0.2, 0.25) is 0 Å². The Bertz CT molecular complexity index is 325. The Morgan fingerprint density at radius 1 is 1.50 bits per heavy atom. The SMILES string of the molecule is COc1ccc2c(c1)OCC(C)CN2. The highest BCUT2D eigenvalue weighted by atomic mass is 16.5. The molecule has 3 nitrogen and oxygen atoms in total. The third-order valence-corrected chi connectivity index (χ3v) is 2.35. The van der Waals surface area contributed by atoms with E-state index in [9.17, 15) is 0 Å². The molecule has 0 aliphatic carbocycles. The fourth-order valence-electron chi connectivity index (χ4n) is 1.47. The molecule has 1 unspecified atom stereocenters. The van der Waals surface area contributed by atoms with E-state index in [1.165, 1.54) is 0 Å². The molecular formula is C11H15NO2. The molecule has 1 aliphatic rings. The van der Waals surface area contributed by atoms with Gasteiger partial charge in [-0.1, -0.05) is 6.92 Å². The monoisotopic (exact) mass is 193 g/mol. The zero-order chi connectivity index (χ0) is 9.97. The summed E-state index contributed by atoms with van der Waals surface area (Å²) >= 11 is 0. The van der Waals surface area contributed by atoms with Crippen molar-refractivity contribution >= 4 is 5.69 Å². The van der Waals surface area contributed by atoms with Crippen LogP contribution in [0.1, 0.15) is 6.92 Å². The summed E-state index contributed by atoms with van der Waals surface area (Å²) in [5, 5.41) is 3.35. The highest BCUT2D eigenvalue weighted by Gasteiger charge is 2.13. The van der Waals surface area contributed by atoms with Crippen LogP contribution in [0, 0.1) is 5.92 Å². The van der Waals surface area contributed by atoms with E-state index in [0.717, 1.165) is 30.3 Å². The van der Waals surface area contributed by atoms with Gasteiger partial charge in [-0.05, 0) is 12.1 Å². The van der Waals surface area contributed by atoms with Gasteiger partial charge in [-0.3, -0.25) is 0 Å². The average Bonchev–Trinajstić information content (AvgIpc) is 2.40. The van der Waals surface area contributed by atoms with Crippen LogP contribution in [0.25, 0.3) is 0 Å². The Morgan fingerprint density at radius 3 is 3.14 bits per heavy atom. The molecule has 0 spiro atoms. The summed E-state index contributed by atoms with van der Waals surface area (Å²) in [4.78, 5) is 0. The zero-order valence-corrected chi connectivity index (χ0v) is 8.54. The lowest BCUT2D eigenvalue weighted by Crippen LogP contribution is -2.13. The van der Waals surface area contributed by atoms with Gasteiger partial charge in [0, 0.05) is 18.5 Å². The van der Waals surface area contributed by atoms with Gasteiger partial charge >= 0.3 is 0 Å². The molecule has 0 radical (unpaired) electrons. The lowest BCUT2D eigenvalue weighted by Gasteiger charge is -2.08. The van der Waals surface area contributed by atoms with Crippen molar-refractivity contribution in [3.8, 4) is 11.5 Å². The molecule has 1 N–H and O–H groups in total. The Hall–Kier alpha value is -1.38. The van der Waals surface area contributed by atoms with Crippen molar-refractivity contribution in [3.05, 3.63) is 18.2 Å². The molecule has 0 aromatic heterocycles. The first-order chi connectivity index (χ1) is 6.79. The summed E-state index contributed by atoms with van der Waals surface area (Å²) in [6.07, 6.45) is 0. The van der Waals surface area contributed by atoms with Gasteiger partial charge in [0.25, 0.3) is 0 Å². The van der Waals surface area contributed by atoms with E-state index in [2.05, 4.69) is 12.2 Å². The topological polar surface area (TPSA) is 30.5 Å². The van der Waals surface area contributed by atoms with Crippen LogP contribution in [-0.2, 0) is 0 Å². The van der Waals surface area contributed by atoms with Gasteiger partial charge in [-0.2, -0.15) is 0 Å². The Morgan fingerprint density at radius 2 is 2.36 bits per heavy atom. The van der Waals surface area contributed by atoms with Crippen molar-refractivity contribution in [1.82, 2.24) is 0 Å².